The van der Waals surface area contributed by atoms with Crippen molar-refractivity contribution in [1.29, 1.82) is 0 Å². The fourth-order valence-corrected chi connectivity index (χ4v) is 4.27. The highest BCUT2D eigenvalue weighted by Gasteiger charge is 2.31. The maximum atomic E-state index is 13.1. The summed E-state index contributed by atoms with van der Waals surface area (Å²) < 4.78 is 10.2. The molecule has 1 aromatic heterocycles. The second kappa shape index (κ2) is 10.3. The molecule has 0 spiro atoms. The third-order valence-corrected chi connectivity index (χ3v) is 6.12. The van der Waals surface area contributed by atoms with Crippen LogP contribution in [-0.4, -0.2) is 60.6 Å². The van der Waals surface area contributed by atoms with Crippen LogP contribution in [0.2, 0.25) is 0 Å². The standard InChI is InChI=1S/C26H29N3O4/c1-28-14-15-29(25(30)13-12-22-17-24(32-2)27-33-22)18-21(26(28)31)16-20-10-6-7-11-23(20)19-8-4-3-5-9-19/h3-11,17,21H,12-16,18H2,1-2H3/t21-/m1/s1. The van der Waals surface area contributed by atoms with Crippen molar-refractivity contribution in [1.82, 2.24) is 15.0 Å². The highest BCUT2D eigenvalue weighted by molar-refractivity contribution is 5.82. The van der Waals surface area contributed by atoms with Crippen molar-refractivity contribution in [2.24, 2.45) is 5.92 Å². The van der Waals surface area contributed by atoms with Gasteiger partial charge in [0.2, 0.25) is 11.8 Å². The number of likely N-dealkylation sites (N-methyl/N-ethyl adjacent to an activating group) is 1. The van der Waals surface area contributed by atoms with Gasteiger partial charge in [0.15, 0.2) is 0 Å². The van der Waals surface area contributed by atoms with Crippen LogP contribution in [0.15, 0.2) is 65.2 Å². The summed E-state index contributed by atoms with van der Waals surface area (Å²) in [6.07, 6.45) is 1.32. The number of methoxy groups -OCH3 is 1. The highest BCUT2D eigenvalue weighted by Crippen LogP contribution is 2.27. The maximum Gasteiger partial charge on any atom is 0.254 e. The van der Waals surface area contributed by atoms with E-state index in [0.717, 1.165) is 16.7 Å². The van der Waals surface area contributed by atoms with Crippen molar-refractivity contribution in [3.63, 3.8) is 0 Å². The first-order chi connectivity index (χ1) is 16.0. The van der Waals surface area contributed by atoms with E-state index in [1.54, 1.807) is 11.0 Å². The number of hydrogen-bond acceptors (Lipinski definition) is 5. The van der Waals surface area contributed by atoms with Crippen LogP contribution in [0.25, 0.3) is 11.1 Å². The molecule has 1 aliphatic heterocycles. The number of aryl methyl sites for hydroxylation is 1. The largest absolute Gasteiger partial charge is 0.479 e. The van der Waals surface area contributed by atoms with E-state index in [2.05, 4.69) is 29.4 Å². The summed E-state index contributed by atoms with van der Waals surface area (Å²) in [6.45, 7) is 1.46. The van der Waals surface area contributed by atoms with Gasteiger partial charge in [-0.1, -0.05) is 54.6 Å². The minimum absolute atomic E-state index is 0.00908. The van der Waals surface area contributed by atoms with Gasteiger partial charge in [-0.25, -0.2) is 0 Å². The number of rotatable bonds is 7. The summed E-state index contributed by atoms with van der Waals surface area (Å²) in [6, 6.07) is 20.0. The summed E-state index contributed by atoms with van der Waals surface area (Å²) in [5, 5.41) is 3.78. The first-order valence-corrected chi connectivity index (χ1v) is 11.2. The predicted molar refractivity (Wildman–Crippen MR) is 125 cm³/mol. The lowest BCUT2D eigenvalue weighted by Crippen LogP contribution is -2.37. The lowest BCUT2D eigenvalue weighted by atomic mass is 9.91. The molecular weight excluding hydrogens is 418 g/mol. The van der Waals surface area contributed by atoms with Crippen LogP contribution in [0.5, 0.6) is 5.88 Å². The molecule has 2 aromatic carbocycles. The first-order valence-electron chi connectivity index (χ1n) is 11.2. The number of hydrogen-bond donors (Lipinski definition) is 0. The molecule has 2 heterocycles. The van der Waals surface area contributed by atoms with Crippen molar-refractivity contribution < 1.29 is 18.8 Å². The lowest BCUT2D eigenvalue weighted by Gasteiger charge is -2.24. The predicted octanol–water partition coefficient (Wildman–Crippen LogP) is 3.44. The van der Waals surface area contributed by atoms with Crippen LogP contribution in [0.4, 0.5) is 0 Å². The van der Waals surface area contributed by atoms with Crippen LogP contribution in [-0.2, 0) is 22.4 Å². The third kappa shape index (κ3) is 5.42. The van der Waals surface area contributed by atoms with Crippen LogP contribution >= 0.6 is 0 Å². The Balaban J connectivity index is 1.48. The molecular formula is C26H29N3O4. The summed E-state index contributed by atoms with van der Waals surface area (Å²) in [7, 11) is 3.33. The van der Waals surface area contributed by atoms with Gasteiger partial charge in [0.25, 0.3) is 5.88 Å². The monoisotopic (exact) mass is 447 g/mol. The average Bonchev–Trinajstić information content (AvgIpc) is 3.27. The van der Waals surface area contributed by atoms with Gasteiger partial charge in [-0.05, 0) is 28.3 Å². The molecule has 0 bridgehead atoms. The summed E-state index contributed by atoms with van der Waals surface area (Å²) >= 11 is 0. The van der Waals surface area contributed by atoms with Crippen molar-refractivity contribution in [2.45, 2.75) is 19.3 Å². The van der Waals surface area contributed by atoms with Crippen molar-refractivity contribution >= 4 is 11.8 Å². The zero-order chi connectivity index (χ0) is 23.2. The van der Waals surface area contributed by atoms with E-state index in [0.29, 0.717) is 50.5 Å². The van der Waals surface area contributed by atoms with Crippen molar-refractivity contribution in [3.8, 4) is 17.0 Å². The lowest BCUT2D eigenvalue weighted by molar-refractivity contribution is -0.134. The number of benzene rings is 2. The van der Waals surface area contributed by atoms with Gasteiger partial charge < -0.3 is 19.1 Å². The van der Waals surface area contributed by atoms with Crippen LogP contribution < -0.4 is 4.74 Å². The summed E-state index contributed by atoms with van der Waals surface area (Å²) in [5.41, 5.74) is 3.35. The Labute approximate surface area is 193 Å². The van der Waals surface area contributed by atoms with E-state index in [9.17, 15) is 9.59 Å². The quantitative estimate of drug-likeness (QED) is 0.555. The molecule has 1 aliphatic rings. The Morgan fingerprint density at radius 2 is 1.88 bits per heavy atom. The molecule has 7 heteroatoms. The highest BCUT2D eigenvalue weighted by atomic mass is 16.5. The molecule has 0 radical (unpaired) electrons. The first kappa shape index (κ1) is 22.6. The van der Waals surface area contributed by atoms with Crippen LogP contribution in [0.1, 0.15) is 17.7 Å². The van der Waals surface area contributed by atoms with Crippen LogP contribution in [0.3, 0.4) is 0 Å². The molecule has 0 aliphatic carbocycles. The molecule has 33 heavy (non-hydrogen) atoms. The van der Waals surface area contributed by atoms with Gasteiger partial charge in [0.1, 0.15) is 5.76 Å². The fraction of sp³-hybridized carbons (Fsp3) is 0.346. The average molecular weight is 448 g/mol. The van der Waals surface area contributed by atoms with Gasteiger partial charge in [-0.15, -0.1) is 0 Å². The number of amides is 2. The smallest absolute Gasteiger partial charge is 0.254 e. The molecule has 2 amide bonds. The molecule has 172 valence electrons. The normalized spacial score (nSPS) is 16.5. The molecule has 7 nitrogen and oxygen atoms in total. The SMILES string of the molecule is COc1cc(CCC(=O)N2CCN(C)C(=O)[C@H](Cc3ccccc3-c3ccccc3)C2)on1. The zero-order valence-corrected chi connectivity index (χ0v) is 19.1. The van der Waals surface area contributed by atoms with E-state index < -0.39 is 0 Å². The molecule has 0 N–H and O–H groups in total. The van der Waals surface area contributed by atoms with Crippen molar-refractivity contribution in [2.75, 3.05) is 33.8 Å². The second-order valence-corrected chi connectivity index (χ2v) is 8.36. The maximum absolute atomic E-state index is 13.1. The van der Waals surface area contributed by atoms with Gasteiger partial charge in [0, 0.05) is 45.6 Å². The number of ether oxygens (including phenoxy) is 1. The zero-order valence-electron chi connectivity index (χ0n) is 19.1. The van der Waals surface area contributed by atoms with E-state index in [-0.39, 0.29) is 17.7 Å². The minimum atomic E-state index is -0.295. The molecule has 4 rings (SSSR count). The van der Waals surface area contributed by atoms with Gasteiger partial charge in [-0.2, -0.15) is 0 Å². The van der Waals surface area contributed by atoms with Crippen molar-refractivity contribution in [3.05, 3.63) is 72.0 Å². The summed E-state index contributed by atoms with van der Waals surface area (Å²) in [5.74, 6) is 0.799. The third-order valence-electron chi connectivity index (χ3n) is 6.12. The Bertz CT molecular complexity index is 1100. The summed E-state index contributed by atoms with van der Waals surface area (Å²) in [4.78, 5) is 29.7. The molecule has 0 unspecified atom stereocenters. The number of carbonyl (C=O) groups excluding carboxylic acids is 2. The Kier molecular flexibility index (Phi) is 7.07. The Hall–Kier alpha value is -3.61. The van der Waals surface area contributed by atoms with E-state index >= 15 is 0 Å². The van der Waals surface area contributed by atoms with E-state index in [4.69, 9.17) is 9.26 Å². The van der Waals surface area contributed by atoms with Crippen LogP contribution in [0, 0.1) is 5.92 Å². The number of aromatic nitrogens is 1. The van der Waals surface area contributed by atoms with Gasteiger partial charge in [0.05, 0.1) is 13.0 Å². The fourth-order valence-electron chi connectivity index (χ4n) is 4.27. The molecule has 1 saturated heterocycles. The van der Waals surface area contributed by atoms with E-state index in [1.165, 1.54) is 7.11 Å². The minimum Gasteiger partial charge on any atom is -0.479 e. The Morgan fingerprint density at radius 3 is 2.64 bits per heavy atom. The second-order valence-electron chi connectivity index (χ2n) is 8.36. The Morgan fingerprint density at radius 1 is 1.12 bits per heavy atom. The van der Waals surface area contributed by atoms with Gasteiger partial charge in [-0.3, -0.25) is 9.59 Å². The molecule has 1 atom stereocenters. The molecule has 0 saturated carbocycles. The molecule has 3 aromatic rings. The number of nitrogens with zero attached hydrogens (tertiary/aromatic N) is 3. The topological polar surface area (TPSA) is 75.9 Å². The van der Waals surface area contributed by atoms with E-state index in [1.807, 2.05) is 42.3 Å². The van der Waals surface area contributed by atoms with Gasteiger partial charge >= 0.3 is 0 Å². The molecule has 1 fully saturated rings. The number of carbonyl (C=O) groups is 2.